The van der Waals surface area contributed by atoms with Crippen LogP contribution in [0.5, 0.6) is 0 Å². The summed E-state index contributed by atoms with van der Waals surface area (Å²) < 4.78 is 23.7. The van der Waals surface area contributed by atoms with Crippen LogP contribution < -0.4 is 0 Å². The van der Waals surface area contributed by atoms with E-state index >= 15 is 0 Å². The zero-order chi connectivity index (χ0) is 5.49. The van der Waals surface area contributed by atoms with Gasteiger partial charge in [0.05, 0.1) is 0 Å². The van der Waals surface area contributed by atoms with E-state index in [9.17, 15) is 8.78 Å². The van der Waals surface area contributed by atoms with Gasteiger partial charge in [0.1, 0.15) is 0 Å². The lowest BCUT2D eigenvalue weighted by Gasteiger charge is -2.27. The second-order valence-corrected chi connectivity index (χ2v) is 1.81. The monoisotopic (exact) mass is 104 g/mol. The topological polar surface area (TPSA) is 0 Å². The first kappa shape index (κ1) is 4.75. The zero-order valence-corrected chi connectivity index (χ0v) is 3.88. The molecule has 1 aliphatic rings. The molecule has 0 bridgehead atoms. The fourth-order valence-corrected chi connectivity index (χ4v) is 0.491. The maximum Gasteiger partial charge on any atom is 0.269 e. The third-order valence-corrected chi connectivity index (χ3v) is 1.26. The van der Waals surface area contributed by atoms with Crippen molar-refractivity contribution in [3.8, 4) is 0 Å². The van der Waals surface area contributed by atoms with Crippen molar-refractivity contribution in [2.45, 2.75) is 18.8 Å². The Morgan fingerprint density at radius 2 is 2.00 bits per heavy atom. The van der Waals surface area contributed by atoms with E-state index in [1.54, 1.807) is 0 Å². The lowest BCUT2D eigenvalue weighted by atomic mass is 9.89. The van der Waals surface area contributed by atoms with E-state index in [2.05, 4.69) is 6.58 Å². The highest BCUT2D eigenvalue weighted by Crippen LogP contribution is 2.41. The molecule has 0 amide bonds. The Kier molecular flexibility index (Phi) is 0.716. The maximum atomic E-state index is 11.8. The molecule has 1 aliphatic carbocycles. The third-order valence-electron chi connectivity index (χ3n) is 1.26. The fraction of sp³-hybridized carbons (Fsp3) is 0.600. The molecule has 0 aromatic rings. The highest BCUT2D eigenvalue weighted by atomic mass is 19.3. The number of rotatable bonds is 0. The molecule has 1 rings (SSSR count). The molecule has 0 spiro atoms. The molecule has 0 aliphatic heterocycles. The van der Waals surface area contributed by atoms with Crippen LogP contribution in [0.2, 0.25) is 0 Å². The normalized spacial score (nSPS) is 26.9. The molecule has 0 heterocycles. The van der Waals surface area contributed by atoms with Crippen LogP contribution in [-0.2, 0) is 0 Å². The van der Waals surface area contributed by atoms with Crippen molar-refractivity contribution < 1.29 is 8.78 Å². The Morgan fingerprint density at radius 1 is 1.57 bits per heavy atom. The molecular formula is C5H6F2. The van der Waals surface area contributed by atoms with E-state index in [0.717, 1.165) is 0 Å². The molecule has 0 N–H and O–H groups in total. The van der Waals surface area contributed by atoms with E-state index in [1.165, 1.54) is 0 Å². The zero-order valence-electron chi connectivity index (χ0n) is 3.88. The first-order chi connectivity index (χ1) is 3.13. The Bertz CT molecular complexity index is 105. The first-order valence-corrected chi connectivity index (χ1v) is 2.19. The second-order valence-electron chi connectivity index (χ2n) is 1.81. The van der Waals surface area contributed by atoms with Crippen LogP contribution in [0.1, 0.15) is 12.8 Å². The van der Waals surface area contributed by atoms with Gasteiger partial charge in [-0.3, -0.25) is 0 Å². The average Bonchev–Trinajstić information content (AvgIpc) is 1.63. The summed E-state index contributed by atoms with van der Waals surface area (Å²) >= 11 is 0. The smallest absolute Gasteiger partial charge is 0.202 e. The van der Waals surface area contributed by atoms with Crippen LogP contribution in [-0.4, -0.2) is 5.92 Å². The summed E-state index contributed by atoms with van der Waals surface area (Å²) in [6, 6.07) is 0. The van der Waals surface area contributed by atoms with Gasteiger partial charge in [0, 0.05) is 6.42 Å². The van der Waals surface area contributed by atoms with Gasteiger partial charge in [-0.1, -0.05) is 6.58 Å². The quantitative estimate of drug-likeness (QED) is 0.412. The first-order valence-electron chi connectivity index (χ1n) is 2.19. The van der Waals surface area contributed by atoms with Crippen molar-refractivity contribution in [2.75, 3.05) is 0 Å². The van der Waals surface area contributed by atoms with Gasteiger partial charge in [0.2, 0.25) is 0 Å². The van der Waals surface area contributed by atoms with Crippen LogP contribution in [0.3, 0.4) is 0 Å². The predicted molar refractivity (Wildman–Crippen MR) is 23.3 cm³/mol. The second kappa shape index (κ2) is 1.05. The lowest BCUT2D eigenvalue weighted by molar-refractivity contribution is -0.0104. The molecule has 1 saturated carbocycles. The van der Waals surface area contributed by atoms with E-state index in [1.807, 2.05) is 0 Å². The summed E-state index contributed by atoms with van der Waals surface area (Å²) in [4.78, 5) is 0. The van der Waals surface area contributed by atoms with Crippen LogP contribution >= 0.6 is 0 Å². The van der Waals surface area contributed by atoms with Crippen LogP contribution in [0.4, 0.5) is 8.78 Å². The molecule has 7 heavy (non-hydrogen) atoms. The number of halogens is 2. The van der Waals surface area contributed by atoms with Crippen molar-refractivity contribution in [1.82, 2.24) is 0 Å². The molecule has 0 saturated heterocycles. The molecule has 0 unspecified atom stereocenters. The standard InChI is InChI=1S/C5H6F2/c1-4-2-3-5(4,6)7/h1-3H2. The predicted octanol–water partition coefficient (Wildman–Crippen LogP) is 1.97. The largest absolute Gasteiger partial charge is 0.269 e. The molecule has 2 heteroatoms. The molecule has 0 atom stereocenters. The molecule has 0 aromatic carbocycles. The molecule has 0 aromatic heterocycles. The minimum atomic E-state index is -2.51. The van der Waals surface area contributed by atoms with E-state index in [0.29, 0.717) is 6.42 Å². The third kappa shape index (κ3) is 0.539. The number of hydrogen-bond donors (Lipinski definition) is 0. The van der Waals surface area contributed by atoms with Crippen LogP contribution in [0, 0.1) is 0 Å². The van der Waals surface area contributed by atoms with Gasteiger partial charge in [0.25, 0.3) is 5.92 Å². The van der Waals surface area contributed by atoms with E-state index in [-0.39, 0.29) is 12.0 Å². The molecular weight excluding hydrogens is 98.1 g/mol. The van der Waals surface area contributed by atoms with E-state index in [4.69, 9.17) is 0 Å². The minimum absolute atomic E-state index is 0.00579. The van der Waals surface area contributed by atoms with Gasteiger partial charge in [-0.2, -0.15) is 0 Å². The van der Waals surface area contributed by atoms with Crippen molar-refractivity contribution >= 4 is 0 Å². The van der Waals surface area contributed by atoms with Gasteiger partial charge in [-0.15, -0.1) is 0 Å². The van der Waals surface area contributed by atoms with Gasteiger partial charge in [-0.05, 0) is 12.0 Å². The summed E-state index contributed by atoms with van der Waals surface area (Å²) in [6.45, 7) is 3.16. The summed E-state index contributed by atoms with van der Waals surface area (Å²) in [5.41, 5.74) is 0.0903. The summed E-state index contributed by atoms with van der Waals surface area (Å²) in [5, 5.41) is 0. The average molecular weight is 104 g/mol. The fourth-order valence-electron chi connectivity index (χ4n) is 0.491. The number of hydrogen-bond acceptors (Lipinski definition) is 0. The van der Waals surface area contributed by atoms with E-state index < -0.39 is 5.92 Å². The summed E-state index contributed by atoms with van der Waals surface area (Å²) in [7, 11) is 0. The Hall–Kier alpha value is -0.400. The molecule has 0 nitrogen and oxygen atoms in total. The SMILES string of the molecule is C=C1CCC1(F)F. The summed E-state index contributed by atoms with van der Waals surface area (Å²) in [6.07, 6.45) is 0.513. The highest BCUT2D eigenvalue weighted by Gasteiger charge is 2.40. The van der Waals surface area contributed by atoms with Gasteiger partial charge < -0.3 is 0 Å². The molecule has 1 fully saturated rings. The Balaban J connectivity index is 2.59. The summed E-state index contributed by atoms with van der Waals surface area (Å²) in [5.74, 6) is -2.51. The van der Waals surface area contributed by atoms with Gasteiger partial charge in [0.15, 0.2) is 0 Å². The Labute approximate surface area is 40.8 Å². The minimum Gasteiger partial charge on any atom is -0.202 e. The van der Waals surface area contributed by atoms with Crippen molar-refractivity contribution in [3.05, 3.63) is 12.2 Å². The lowest BCUT2D eigenvalue weighted by Crippen LogP contribution is -2.28. The number of alkyl halides is 2. The van der Waals surface area contributed by atoms with Gasteiger partial charge in [-0.25, -0.2) is 8.78 Å². The van der Waals surface area contributed by atoms with Crippen molar-refractivity contribution in [1.29, 1.82) is 0 Å². The number of allylic oxidation sites excluding steroid dienone is 1. The van der Waals surface area contributed by atoms with Crippen LogP contribution in [0.15, 0.2) is 12.2 Å². The molecule has 40 valence electrons. The van der Waals surface area contributed by atoms with Crippen molar-refractivity contribution in [3.63, 3.8) is 0 Å². The Morgan fingerprint density at radius 3 is 2.00 bits per heavy atom. The maximum absolute atomic E-state index is 11.8. The van der Waals surface area contributed by atoms with Gasteiger partial charge >= 0.3 is 0 Å². The highest BCUT2D eigenvalue weighted by molar-refractivity contribution is 5.16. The molecule has 0 radical (unpaired) electrons. The van der Waals surface area contributed by atoms with Crippen molar-refractivity contribution in [2.24, 2.45) is 0 Å². The van der Waals surface area contributed by atoms with Crippen LogP contribution in [0.25, 0.3) is 0 Å².